The van der Waals surface area contributed by atoms with Crippen LogP contribution in [0, 0.1) is 0 Å². The average molecular weight is 269 g/mol. The summed E-state index contributed by atoms with van der Waals surface area (Å²) in [6, 6.07) is -1.12. The van der Waals surface area contributed by atoms with Crippen LogP contribution in [-0.2, 0) is 9.53 Å². The Morgan fingerprint density at radius 3 is 2.53 bits per heavy atom. The maximum absolute atomic E-state index is 11.8. The van der Waals surface area contributed by atoms with Crippen molar-refractivity contribution in [2.75, 3.05) is 0 Å². The average Bonchev–Trinajstić information content (AvgIpc) is 2.75. The minimum atomic E-state index is -1.14. The van der Waals surface area contributed by atoms with Crippen LogP contribution in [0.5, 0.6) is 0 Å². The highest BCUT2D eigenvalue weighted by Gasteiger charge is 2.30. The standard InChI is InChI=1S/C12H19N3O4/c1-7(19-12(2,3)4)9(11(17)18)15-10(16)8-5-13-14-6-8/h5-7,9H,1-4H3,(H,13,14)(H,15,16)(H,17,18)/t7-,9+/m1/s1. The van der Waals surface area contributed by atoms with E-state index < -0.39 is 29.6 Å². The molecule has 0 unspecified atom stereocenters. The van der Waals surface area contributed by atoms with Crippen LogP contribution in [-0.4, -0.2) is 44.9 Å². The zero-order chi connectivity index (χ0) is 14.6. The molecule has 1 aromatic heterocycles. The number of H-pyrrole nitrogens is 1. The summed E-state index contributed by atoms with van der Waals surface area (Å²) in [4.78, 5) is 23.0. The summed E-state index contributed by atoms with van der Waals surface area (Å²) in [5, 5.41) is 17.7. The van der Waals surface area contributed by atoms with Gasteiger partial charge in [-0.1, -0.05) is 0 Å². The number of aromatic amines is 1. The van der Waals surface area contributed by atoms with Crippen LogP contribution in [0.2, 0.25) is 0 Å². The second kappa shape index (κ2) is 5.83. The van der Waals surface area contributed by atoms with Crippen molar-refractivity contribution in [1.82, 2.24) is 15.5 Å². The zero-order valence-electron chi connectivity index (χ0n) is 11.4. The number of nitrogens with zero attached hydrogens (tertiary/aromatic N) is 1. The van der Waals surface area contributed by atoms with Crippen LogP contribution in [0.15, 0.2) is 12.4 Å². The molecule has 0 spiro atoms. The van der Waals surface area contributed by atoms with Crippen molar-refractivity contribution in [1.29, 1.82) is 0 Å². The van der Waals surface area contributed by atoms with Gasteiger partial charge in [-0.15, -0.1) is 0 Å². The number of carbonyl (C=O) groups is 2. The number of aliphatic carboxylic acids is 1. The predicted molar refractivity (Wildman–Crippen MR) is 67.8 cm³/mol. The number of ether oxygens (including phenoxy) is 1. The minimum absolute atomic E-state index is 0.272. The number of carboxylic acid groups (broad SMARTS) is 1. The third kappa shape index (κ3) is 4.70. The Morgan fingerprint density at radius 1 is 1.47 bits per heavy atom. The Balaban J connectivity index is 2.73. The fourth-order valence-electron chi connectivity index (χ4n) is 1.61. The summed E-state index contributed by atoms with van der Waals surface area (Å²) < 4.78 is 5.56. The Kier molecular flexibility index (Phi) is 4.66. The molecule has 1 heterocycles. The molecule has 3 N–H and O–H groups in total. The fourth-order valence-corrected chi connectivity index (χ4v) is 1.61. The quantitative estimate of drug-likeness (QED) is 0.733. The highest BCUT2D eigenvalue weighted by atomic mass is 16.5. The molecule has 19 heavy (non-hydrogen) atoms. The van der Waals surface area contributed by atoms with E-state index in [1.165, 1.54) is 12.4 Å². The van der Waals surface area contributed by atoms with Gasteiger partial charge in [-0.2, -0.15) is 5.10 Å². The maximum Gasteiger partial charge on any atom is 0.328 e. The molecule has 0 aliphatic heterocycles. The monoisotopic (exact) mass is 269 g/mol. The van der Waals surface area contributed by atoms with E-state index in [4.69, 9.17) is 9.84 Å². The summed E-state index contributed by atoms with van der Waals surface area (Å²) in [6.07, 6.45) is 2.06. The predicted octanol–water partition coefficient (Wildman–Crippen LogP) is 0.796. The first kappa shape index (κ1) is 15.2. The number of carboxylic acids is 1. The highest BCUT2D eigenvalue weighted by Crippen LogP contribution is 2.13. The van der Waals surface area contributed by atoms with Gasteiger partial charge in [-0.3, -0.25) is 9.89 Å². The lowest BCUT2D eigenvalue weighted by molar-refractivity contribution is -0.146. The minimum Gasteiger partial charge on any atom is -0.480 e. The largest absolute Gasteiger partial charge is 0.480 e. The molecule has 0 aliphatic rings. The molecule has 1 amide bonds. The molecule has 0 aromatic carbocycles. The smallest absolute Gasteiger partial charge is 0.328 e. The second-order valence-corrected chi connectivity index (χ2v) is 5.21. The summed E-state index contributed by atoms with van der Waals surface area (Å²) in [6.45, 7) is 7.07. The molecule has 7 nitrogen and oxygen atoms in total. The molecule has 7 heteroatoms. The molecule has 0 aliphatic carbocycles. The van der Waals surface area contributed by atoms with Crippen molar-refractivity contribution in [3.05, 3.63) is 18.0 Å². The van der Waals surface area contributed by atoms with Gasteiger partial charge < -0.3 is 15.2 Å². The Hall–Kier alpha value is -1.89. The number of hydrogen-bond donors (Lipinski definition) is 3. The van der Waals surface area contributed by atoms with Gasteiger partial charge in [0.05, 0.1) is 23.5 Å². The summed E-state index contributed by atoms with van der Waals surface area (Å²) in [7, 11) is 0. The molecule has 1 rings (SSSR count). The lowest BCUT2D eigenvalue weighted by Gasteiger charge is -2.29. The van der Waals surface area contributed by atoms with Crippen LogP contribution >= 0.6 is 0 Å². The molecule has 106 valence electrons. The van der Waals surface area contributed by atoms with Crippen molar-refractivity contribution in [2.45, 2.75) is 45.4 Å². The molecule has 0 radical (unpaired) electrons. The van der Waals surface area contributed by atoms with E-state index in [1.54, 1.807) is 6.92 Å². The Labute approximate surface area is 111 Å². The lowest BCUT2D eigenvalue weighted by atomic mass is 10.1. The van der Waals surface area contributed by atoms with Crippen LogP contribution in [0.4, 0.5) is 0 Å². The molecular weight excluding hydrogens is 250 g/mol. The molecule has 0 saturated heterocycles. The summed E-state index contributed by atoms with van der Waals surface area (Å²) in [5.74, 6) is -1.65. The number of amides is 1. The molecule has 0 fully saturated rings. The van der Waals surface area contributed by atoms with Gasteiger partial charge in [0.1, 0.15) is 0 Å². The third-order valence-electron chi connectivity index (χ3n) is 2.32. The zero-order valence-corrected chi connectivity index (χ0v) is 11.4. The maximum atomic E-state index is 11.8. The third-order valence-corrected chi connectivity index (χ3v) is 2.32. The topological polar surface area (TPSA) is 104 Å². The van der Waals surface area contributed by atoms with Crippen molar-refractivity contribution in [3.8, 4) is 0 Å². The number of carbonyl (C=O) groups excluding carboxylic acids is 1. The normalized spacial score (nSPS) is 14.7. The van der Waals surface area contributed by atoms with Gasteiger partial charge in [-0.25, -0.2) is 4.79 Å². The van der Waals surface area contributed by atoms with Gasteiger partial charge in [0.2, 0.25) is 0 Å². The van der Waals surface area contributed by atoms with E-state index >= 15 is 0 Å². The van der Waals surface area contributed by atoms with Gasteiger partial charge in [0, 0.05) is 6.20 Å². The van der Waals surface area contributed by atoms with Crippen molar-refractivity contribution in [2.24, 2.45) is 0 Å². The van der Waals surface area contributed by atoms with Crippen LogP contribution < -0.4 is 5.32 Å². The first-order chi connectivity index (χ1) is 8.70. The van der Waals surface area contributed by atoms with Gasteiger partial charge in [-0.05, 0) is 27.7 Å². The van der Waals surface area contributed by atoms with Gasteiger partial charge in [0.25, 0.3) is 5.91 Å². The van der Waals surface area contributed by atoms with E-state index in [9.17, 15) is 9.59 Å². The molecule has 0 bridgehead atoms. The van der Waals surface area contributed by atoms with E-state index in [0.717, 1.165) is 0 Å². The van der Waals surface area contributed by atoms with E-state index in [0.29, 0.717) is 0 Å². The molecule has 1 aromatic rings. The number of aromatic nitrogens is 2. The molecule has 0 saturated carbocycles. The van der Waals surface area contributed by atoms with Crippen molar-refractivity contribution in [3.63, 3.8) is 0 Å². The van der Waals surface area contributed by atoms with Gasteiger partial charge in [0.15, 0.2) is 6.04 Å². The summed E-state index contributed by atoms with van der Waals surface area (Å²) >= 11 is 0. The second-order valence-electron chi connectivity index (χ2n) is 5.21. The van der Waals surface area contributed by atoms with E-state index in [2.05, 4.69) is 15.5 Å². The number of nitrogens with one attached hydrogen (secondary N) is 2. The number of rotatable bonds is 5. The van der Waals surface area contributed by atoms with Crippen molar-refractivity contribution < 1.29 is 19.4 Å². The molecule has 2 atom stereocenters. The van der Waals surface area contributed by atoms with E-state index in [1.807, 2.05) is 20.8 Å². The SMILES string of the molecule is C[C@@H](OC(C)(C)C)[C@H](NC(=O)c1cn[nH]c1)C(=O)O. The van der Waals surface area contributed by atoms with Gasteiger partial charge >= 0.3 is 5.97 Å². The fraction of sp³-hybridized carbons (Fsp3) is 0.583. The van der Waals surface area contributed by atoms with Crippen molar-refractivity contribution >= 4 is 11.9 Å². The Morgan fingerprint density at radius 2 is 2.11 bits per heavy atom. The molecular formula is C12H19N3O4. The van der Waals surface area contributed by atoms with E-state index in [-0.39, 0.29) is 5.56 Å². The van der Waals surface area contributed by atoms with Crippen LogP contribution in [0.3, 0.4) is 0 Å². The summed E-state index contributed by atoms with van der Waals surface area (Å²) in [5.41, 5.74) is -0.220. The lowest BCUT2D eigenvalue weighted by Crippen LogP contribution is -2.50. The number of hydrogen-bond acceptors (Lipinski definition) is 4. The van der Waals surface area contributed by atoms with Crippen LogP contribution in [0.1, 0.15) is 38.1 Å². The Bertz CT molecular complexity index is 436. The van der Waals surface area contributed by atoms with Crippen LogP contribution in [0.25, 0.3) is 0 Å². The highest BCUT2D eigenvalue weighted by molar-refractivity contribution is 5.96. The first-order valence-electron chi connectivity index (χ1n) is 5.91. The first-order valence-corrected chi connectivity index (χ1v) is 5.91.